The monoisotopic (exact) mass is 331 g/mol. The van der Waals surface area contributed by atoms with Crippen LogP contribution in [-0.4, -0.2) is 42.3 Å². The summed E-state index contributed by atoms with van der Waals surface area (Å²) in [5.41, 5.74) is 9.03. The summed E-state index contributed by atoms with van der Waals surface area (Å²) in [6.07, 6.45) is 4.07. The largest absolute Gasteiger partial charge is 0.444 e. The summed E-state index contributed by atoms with van der Waals surface area (Å²) in [4.78, 5) is 16.6. The number of carbonyl (C=O) groups is 1. The van der Waals surface area contributed by atoms with Gasteiger partial charge in [0.15, 0.2) is 0 Å². The normalized spacial score (nSPS) is 19.1. The molecule has 0 aromatic heterocycles. The number of rotatable bonds is 1. The molecule has 1 aromatic carbocycles. The molecule has 0 unspecified atom stereocenters. The van der Waals surface area contributed by atoms with E-state index in [1.54, 1.807) is 0 Å². The van der Waals surface area contributed by atoms with Crippen LogP contribution in [0.2, 0.25) is 0 Å². The van der Waals surface area contributed by atoms with Crippen LogP contribution < -0.4 is 10.6 Å². The lowest BCUT2D eigenvalue weighted by Gasteiger charge is -2.42. The van der Waals surface area contributed by atoms with Crippen molar-refractivity contribution in [3.05, 3.63) is 23.8 Å². The van der Waals surface area contributed by atoms with Crippen molar-refractivity contribution in [1.82, 2.24) is 4.90 Å². The first-order chi connectivity index (χ1) is 11.3. The number of ether oxygens (including phenoxy) is 1. The lowest BCUT2D eigenvalue weighted by atomic mass is 9.95. The first-order valence-corrected chi connectivity index (χ1v) is 8.96. The first-order valence-electron chi connectivity index (χ1n) is 8.96. The average Bonchev–Trinajstić information content (AvgIpc) is 2.52. The summed E-state index contributed by atoms with van der Waals surface area (Å²) < 4.78 is 5.49. The number of carbonyl (C=O) groups excluding carboxylic acids is 1. The number of benzene rings is 1. The maximum Gasteiger partial charge on any atom is 0.410 e. The van der Waals surface area contributed by atoms with Gasteiger partial charge in [0.05, 0.1) is 0 Å². The minimum Gasteiger partial charge on any atom is -0.444 e. The lowest BCUT2D eigenvalue weighted by Crippen LogP contribution is -2.49. The Morgan fingerprint density at radius 3 is 2.58 bits per heavy atom. The van der Waals surface area contributed by atoms with Gasteiger partial charge in [-0.1, -0.05) is 0 Å². The fourth-order valence-corrected chi connectivity index (χ4v) is 3.71. The molecule has 0 spiro atoms. The Labute approximate surface area is 144 Å². The second kappa shape index (κ2) is 6.54. The third-order valence-electron chi connectivity index (χ3n) is 4.82. The van der Waals surface area contributed by atoms with Crippen molar-refractivity contribution in [2.45, 2.75) is 58.1 Å². The van der Waals surface area contributed by atoms with Crippen molar-refractivity contribution in [1.29, 1.82) is 0 Å². The zero-order chi connectivity index (χ0) is 17.3. The van der Waals surface area contributed by atoms with Gasteiger partial charge < -0.3 is 20.3 Å². The fraction of sp³-hybridized carbons (Fsp3) is 0.632. The highest BCUT2D eigenvalue weighted by Gasteiger charge is 2.31. The Kier molecular flexibility index (Phi) is 4.61. The number of likely N-dealkylation sites (tertiary alicyclic amines) is 1. The van der Waals surface area contributed by atoms with Gasteiger partial charge in [-0.15, -0.1) is 0 Å². The zero-order valence-electron chi connectivity index (χ0n) is 15.0. The summed E-state index contributed by atoms with van der Waals surface area (Å²) >= 11 is 0. The molecule has 0 saturated carbocycles. The minimum atomic E-state index is -0.431. The molecular weight excluding hydrogens is 302 g/mol. The Morgan fingerprint density at radius 1 is 1.21 bits per heavy atom. The summed E-state index contributed by atoms with van der Waals surface area (Å²) in [5, 5.41) is 0. The van der Waals surface area contributed by atoms with E-state index >= 15 is 0 Å². The number of anilines is 2. The molecule has 0 bridgehead atoms. The molecular formula is C19H29N3O2. The first kappa shape index (κ1) is 16.9. The Balaban J connectivity index is 1.63. The maximum absolute atomic E-state index is 12.2. The van der Waals surface area contributed by atoms with Gasteiger partial charge in [0, 0.05) is 37.1 Å². The second-order valence-corrected chi connectivity index (χ2v) is 7.88. The van der Waals surface area contributed by atoms with Gasteiger partial charge in [0.25, 0.3) is 0 Å². The number of amides is 1. The molecule has 1 amide bonds. The number of nitrogens with zero attached hydrogens (tertiary/aromatic N) is 2. The highest BCUT2D eigenvalue weighted by Crippen LogP contribution is 2.33. The topological polar surface area (TPSA) is 58.8 Å². The minimum absolute atomic E-state index is 0.187. The number of nitrogens with two attached hydrogens (primary N) is 1. The standard InChI is InChI=1S/C19H29N3O2/c1-19(2,3)24-18(23)21-11-8-16(9-12-21)22-10-4-5-14-13-15(20)6-7-17(14)22/h6-7,13,16H,4-5,8-12,20H2,1-3H3. The van der Waals surface area contributed by atoms with E-state index in [2.05, 4.69) is 17.0 Å². The van der Waals surface area contributed by atoms with Gasteiger partial charge in [0.1, 0.15) is 5.60 Å². The van der Waals surface area contributed by atoms with Crippen LogP contribution in [0.4, 0.5) is 16.2 Å². The SMILES string of the molecule is CC(C)(C)OC(=O)N1CCC(N2CCCc3cc(N)ccc32)CC1. The highest BCUT2D eigenvalue weighted by atomic mass is 16.6. The van der Waals surface area contributed by atoms with Crippen LogP contribution in [-0.2, 0) is 11.2 Å². The predicted molar refractivity (Wildman–Crippen MR) is 97.4 cm³/mol. The predicted octanol–water partition coefficient (Wildman–Crippen LogP) is 3.42. The molecule has 2 aliphatic rings. The number of fused-ring (bicyclic) bond motifs is 1. The third-order valence-corrected chi connectivity index (χ3v) is 4.82. The number of hydrogen-bond donors (Lipinski definition) is 1. The summed E-state index contributed by atoms with van der Waals surface area (Å²) in [5.74, 6) is 0. The molecule has 2 aliphatic heterocycles. The Bertz CT molecular complexity index is 601. The molecule has 2 heterocycles. The van der Waals surface area contributed by atoms with E-state index in [4.69, 9.17) is 10.5 Å². The lowest BCUT2D eigenvalue weighted by molar-refractivity contribution is 0.0204. The van der Waals surface area contributed by atoms with Gasteiger partial charge in [0.2, 0.25) is 0 Å². The van der Waals surface area contributed by atoms with Crippen LogP contribution in [0.5, 0.6) is 0 Å². The van der Waals surface area contributed by atoms with Gasteiger partial charge in [-0.05, 0) is 70.2 Å². The molecule has 5 nitrogen and oxygen atoms in total. The van der Waals surface area contributed by atoms with Crippen molar-refractivity contribution in [2.24, 2.45) is 0 Å². The van der Waals surface area contributed by atoms with E-state index < -0.39 is 5.60 Å². The quantitative estimate of drug-likeness (QED) is 0.801. The zero-order valence-corrected chi connectivity index (χ0v) is 15.0. The summed E-state index contributed by atoms with van der Waals surface area (Å²) in [6, 6.07) is 6.75. The van der Waals surface area contributed by atoms with Gasteiger partial charge in [-0.25, -0.2) is 4.79 Å². The molecule has 132 valence electrons. The third kappa shape index (κ3) is 3.77. The summed E-state index contributed by atoms with van der Waals surface area (Å²) in [7, 11) is 0. The molecule has 1 saturated heterocycles. The molecule has 5 heteroatoms. The Hall–Kier alpha value is -1.91. The van der Waals surface area contributed by atoms with Crippen LogP contribution in [0.1, 0.15) is 45.6 Å². The van der Waals surface area contributed by atoms with Crippen LogP contribution in [0.15, 0.2) is 18.2 Å². The fourth-order valence-electron chi connectivity index (χ4n) is 3.71. The van der Waals surface area contributed by atoms with Gasteiger partial charge in [-0.2, -0.15) is 0 Å². The van der Waals surface area contributed by atoms with Crippen LogP contribution in [0.3, 0.4) is 0 Å². The summed E-state index contributed by atoms with van der Waals surface area (Å²) in [6.45, 7) is 8.35. The van der Waals surface area contributed by atoms with Gasteiger partial charge >= 0.3 is 6.09 Å². The molecule has 24 heavy (non-hydrogen) atoms. The molecule has 0 aliphatic carbocycles. The van der Waals surface area contributed by atoms with Crippen LogP contribution >= 0.6 is 0 Å². The van der Waals surface area contributed by atoms with Crippen molar-refractivity contribution in [2.75, 3.05) is 30.3 Å². The Morgan fingerprint density at radius 2 is 1.92 bits per heavy atom. The van der Waals surface area contributed by atoms with Crippen molar-refractivity contribution < 1.29 is 9.53 Å². The molecule has 0 radical (unpaired) electrons. The van der Waals surface area contributed by atoms with E-state index in [9.17, 15) is 4.79 Å². The van der Waals surface area contributed by atoms with Crippen LogP contribution in [0.25, 0.3) is 0 Å². The van der Waals surface area contributed by atoms with Gasteiger partial charge in [-0.3, -0.25) is 0 Å². The molecule has 1 fully saturated rings. The maximum atomic E-state index is 12.2. The molecule has 0 atom stereocenters. The highest BCUT2D eigenvalue weighted by molar-refractivity contribution is 5.68. The van der Waals surface area contributed by atoms with E-state index in [0.29, 0.717) is 6.04 Å². The molecule has 3 rings (SSSR count). The number of aryl methyl sites for hydroxylation is 1. The second-order valence-electron chi connectivity index (χ2n) is 7.88. The van der Waals surface area contributed by atoms with Crippen molar-refractivity contribution >= 4 is 17.5 Å². The van der Waals surface area contributed by atoms with Crippen molar-refractivity contribution in [3.8, 4) is 0 Å². The number of nitrogen functional groups attached to an aromatic ring is 1. The smallest absolute Gasteiger partial charge is 0.410 e. The molecule has 1 aromatic rings. The van der Waals surface area contributed by atoms with E-state index in [-0.39, 0.29) is 6.09 Å². The van der Waals surface area contributed by atoms with E-state index in [0.717, 1.165) is 44.6 Å². The van der Waals surface area contributed by atoms with E-state index in [1.165, 1.54) is 17.7 Å². The number of hydrogen-bond acceptors (Lipinski definition) is 4. The average molecular weight is 331 g/mol. The number of piperidine rings is 1. The van der Waals surface area contributed by atoms with E-state index in [1.807, 2.05) is 31.7 Å². The molecule has 2 N–H and O–H groups in total. The van der Waals surface area contributed by atoms with Crippen LogP contribution in [0, 0.1) is 0 Å². The van der Waals surface area contributed by atoms with Crippen molar-refractivity contribution in [3.63, 3.8) is 0 Å².